The summed E-state index contributed by atoms with van der Waals surface area (Å²) in [5.41, 5.74) is 0.509. The quantitative estimate of drug-likeness (QED) is 0.317. The third-order valence-corrected chi connectivity index (χ3v) is 11.9. The summed E-state index contributed by atoms with van der Waals surface area (Å²) < 4.78 is 30.9. The van der Waals surface area contributed by atoms with Gasteiger partial charge in [0.25, 0.3) is 0 Å². The molecule has 1 aromatic carbocycles. The van der Waals surface area contributed by atoms with E-state index in [1.165, 1.54) is 4.88 Å². The lowest BCUT2D eigenvalue weighted by Crippen LogP contribution is -2.63. The molecule has 45 heavy (non-hydrogen) atoms. The number of benzene rings is 1. The summed E-state index contributed by atoms with van der Waals surface area (Å²) in [5.74, 6) is -0.299. The smallest absolute Gasteiger partial charge is 0.407 e. The normalized spacial score (nSPS) is 23.8. The van der Waals surface area contributed by atoms with Gasteiger partial charge in [-0.1, -0.05) is 50.2 Å². The standard InChI is InChI=1S/C33H50N4O6S2/c1-23(2)30-29(14-19-45(30,41)42)43-32(40)34-26(20-24-10-7-6-8-11-24)28(38)22-37-17-16-36(15-13-25-12-9-18-44-25)21-27(37)31(39)35-33(3,4)5/h6-12,18,23,26-30,38H,13-17,19-22H2,1-5H3,(H,34,40)(H,35,39)/t26-,27-,28+,29+,30+/m0/s1. The third-order valence-electron chi connectivity index (χ3n) is 8.50. The summed E-state index contributed by atoms with van der Waals surface area (Å²) in [6, 6.07) is 12.5. The van der Waals surface area contributed by atoms with Crippen LogP contribution in [0, 0.1) is 5.92 Å². The lowest BCUT2D eigenvalue weighted by Gasteiger charge is -2.43. The highest BCUT2D eigenvalue weighted by atomic mass is 32.2. The van der Waals surface area contributed by atoms with Gasteiger partial charge in [0.05, 0.1) is 17.9 Å². The zero-order valence-electron chi connectivity index (χ0n) is 27.1. The van der Waals surface area contributed by atoms with Crippen molar-refractivity contribution in [1.29, 1.82) is 0 Å². The minimum absolute atomic E-state index is 0.0127. The van der Waals surface area contributed by atoms with E-state index in [2.05, 4.69) is 27.0 Å². The Labute approximate surface area is 272 Å². The van der Waals surface area contributed by atoms with Gasteiger partial charge in [-0.05, 0) is 63.0 Å². The van der Waals surface area contributed by atoms with Crippen molar-refractivity contribution in [3.63, 3.8) is 0 Å². The second-order valence-electron chi connectivity index (χ2n) is 13.7. The van der Waals surface area contributed by atoms with E-state index in [1.807, 2.05) is 75.9 Å². The van der Waals surface area contributed by atoms with E-state index in [0.29, 0.717) is 19.5 Å². The predicted molar refractivity (Wildman–Crippen MR) is 178 cm³/mol. The Morgan fingerprint density at radius 2 is 1.84 bits per heavy atom. The van der Waals surface area contributed by atoms with Crippen molar-refractivity contribution in [3.8, 4) is 0 Å². The van der Waals surface area contributed by atoms with Crippen LogP contribution in [-0.2, 0) is 32.2 Å². The van der Waals surface area contributed by atoms with Crippen LogP contribution in [0.4, 0.5) is 4.79 Å². The lowest BCUT2D eigenvalue weighted by atomic mass is 9.99. The van der Waals surface area contributed by atoms with E-state index < -0.39 is 51.0 Å². The van der Waals surface area contributed by atoms with Crippen molar-refractivity contribution >= 4 is 33.2 Å². The highest BCUT2D eigenvalue weighted by molar-refractivity contribution is 7.92. The molecular weight excluding hydrogens is 613 g/mol. The maximum atomic E-state index is 13.6. The molecule has 10 nitrogen and oxygen atoms in total. The molecule has 0 saturated carbocycles. The fourth-order valence-corrected chi connectivity index (χ4v) is 9.36. The largest absolute Gasteiger partial charge is 0.445 e. The first-order valence-electron chi connectivity index (χ1n) is 15.9. The molecule has 2 aromatic rings. The molecule has 0 spiro atoms. The molecule has 2 aliphatic rings. The van der Waals surface area contributed by atoms with Crippen LogP contribution in [0.25, 0.3) is 0 Å². The van der Waals surface area contributed by atoms with Gasteiger partial charge in [0.15, 0.2) is 9.84 Å². The second-order valence-corrected chi connectivity index (χ2v) is 17.0. The van der Waals surface area contributed by atoms with E-state index in [1.54, 1.807) is 11.3 Å². The van der Waals surface area contributed by atoms with Crippen LogP contribution in [0.2, 0.25) is 0 Å². The summed E-state index contributed by atoms with van der Waals surface area (Å²) in [5, 5.41) is 18.9. The zero-order valence-corrected chi connectivity index (χ0v) is 28.8. The van der Waals surface area contributed by atoms with Crippen LogP contribution in [0.15, 0.2) is 47.8 Å². The van der Waals surface area contributed by atoms with Crippen LogP contribution in [0.3, 0.4) is 0 Å². The average Bonchev–Trinajstić information content (AvgIpc) is 3.58. The van der Waals surface area contributed by atoms with Crippen LogP contribution in [-0.4, -0.2) is 109 Å². The number of aliphatic hydroxyl groups excluding tert-OH is 1. The van der Waals surface area contributed by atoms with Gasteiger partial charge >= 0.3 is 6.09 Å². The van der Waals surface area contributed by atoms with Crippen molar-refractivity contribution in [2.24, 2.45) is 5.92 Å². The van der Waals surface area contributed by atoms with Gasteiger partial charge < -0.3 is 20.5 Å². The number of sulfone groups is 1. The Morgan fingerprint density at radius 3 is 2.49 bits per heavy atom. The zero-order chi connectivity index (χ0) is 32.8. The van der Waals surface area contributed by atoms with Gasteiger partial charge in [-0.15, -0.1) is 11.3 Å². The third kappa shape index (κ3) is 10.2. The van der Waals surface area contributed by atoms with Crippen LogP contribution in [0.1, 0.15) is 51.5 Å². The number of hydrogen-bond donors (Lipinski definition) is 3. The molecule has 0 unspecified atom stereocenters. The van der Waals surface area contributed by atoms with E-state index in [4.69, 9.17) is 4.74 Å². The van der Waals surface area contributed by atoms with Gasteiger partial charge in [-0.3, -0.25) is 14.6 Å². The Kier molecular flexibility index (Phi) is 12.1. The highest BCUT2D eigenvalue weighted by Gasteiger charge is 2.45. The Hall–Kier alpha value is -2.51. The van der Waals surface area contributed by atoms with Gasteiger partial charge in [-0.2, -0.15) is 0 Å². The minimum Gasteiger partial charge on any atom is -0.445 e. The molecule has 3 heterocycles. The first-order valence-corrected chi connectivity index (χ1v) is 18.5. The number of piperazine rings is 1. The Balaban J connectivity index is 1.47. The van der Waals surface area contributed by atoms with Gasteiger partial charge in [0.1, 0.15) is 17.4 Å². The number of amides is 2. The number of aliphatic hydroxyl groups is 1. The Bertz CT molecular complexity index is 1350. The lowest BCUT2D eigenvalue weighted by molar-refractivity contribution is -0.131. The average molecular weight is 663 g/mol. The molecule has 0 radical (unpaired) electrons. The number of rotatable bonds is 12. The van der Waals surface area contributed by atoms with Crippen molar-refractivity contribution in [2.75, 3.05) is 38.5 Å². The number of ether oxygens (including phenoxy) is 1. The number of carbonyl (C=O) groups excluding carboxylic acids is 2. The molecule has 2 fully saturated rings. The van der Waals surface area contributed by atoms with Gasteiger partial charge in [0, 0.05) is 43.1 Å². The van der Waals surface area contributed by atoms with Crippen molar-refractivity contribution in [1.82, 2.24) is 20.4 Å². The van der Waals surface area contributed by atoms with Crippen molar-refractivity contribution in [2.45, 2.75) is 89.0 Å². The molecule has 5 atom stereocenters. The summed E-state index contributed by atoms with van der Waals surface area (Å²) in [4.78, 5) is 32.4. The molecule has 2 saturated heterocycles. The fourth-order valence-electron chi connectivity index (χ4n) is 6.35. The molecule has 2 aliphatic heterocycles. The van der Waals surface area contributed by atoms with Crippen LogP contribution in [0.5, 0.6) is 0 Å². The summed E-state index contributed by atoms with van der Waals surface area (Å²) >= 11 is 1.73. The number of alkyl carbamates (subject to hydrolysis) is 1. The maximum Gasteiger partial charge on any atom is 0.407 e. The molecule has 12 heteroatoms. The van der Waals surface area contributed by atoms with Crippen LogP contribution < -0.4 is 10.6 Å². The summed E-state index contributed by atoms with van der Waals surface area (Å²) in [6.07, 6.45) is -0.993. The first kappa shape index (κ1) is 35.3. The fraction of sp³-hybridized carbons (Fsp3) is 0.636. The Morgan fingerprint density at radius 1 is 1.11 bits per heavy atom. The minimum atomic E-state index is -3.35. The molecule has 4 rings (SSSR count). The molecule has 0 aliphatic carbocycles. The number of carbonyl (C=O) groups is 2. The number of nitrogens with zero attached hydrogens (tertiary/aromatic N) is 2. The predicted octanol–water partition coefficient (Wildman–Crippen LogP) is 3.10. The molecule has 250 valence electrons. The number of β-amino-alcohol motifs (C(OH)–C–C–N with tert-alkyl or cyclic N) is 1. The van der Waals surface area contributed by atoms with Gasteiger partial charge in [-0.25, -0.2) is 13.2 Å². The van der Waals surface area contributed by atoms with E-state index in [9.17, 15) is 23.1 Å². The summed E-state index contributed by atoms with van der Waals surface area (Å²) in [6.45, 7) is 12.4. The van der Waals surface area contributed by atoms with Crippen molar-refractivity contribution in [3.05, 3.63) is 58.3 Å². The number of thiophene rings is 1. The van der Waals surface area contributed by atoms with E-state index in [-0.39, 0.29) is 30.5 Å². The topological polar surface area (TPSA) is 128 Å². The van der Waals surface area contributed by atoms with Crippen molar-refractivity contribution < 1.29 is 27.9 Å². The monoisotopic (exact) mass is 662 g/mol. The molecule has 1 aromatic heterocycles. The maximum absolute atomic E-state index is 13.6. The molecular formula is C33H50N4O6S2. The summed E-state index contributed by atoms with van der Waals surface area (Å²) in [7, 11) is -3.35. The first-order chi connectivity index (χ1) is 21.2. The second kappa shape index (κ2) is 15.4. The number of hydrogen-bond acceptors (Lipinski definition) is 9. The SMILES string of the molecule is CC(C)[C@@H]1[C@H](OC(=O)N[C@@H](Cc2ccccc2)[C@H](O)CN2CCN(CCc3cccs3)C[C@H]2C(=O)NC(C)(C)C)CCS1(=O)=O. The highest BCUT2D eigenvalue weighted by Crippen LogP contribution is 2.29. The molecule has 3 N–H and O–H groups in total. The van der Waals surface area contributed by atoms with E-state index in [0.717, 1.165) is 25.1 Å². The van der Waals surface area contributed by atoms with Gasteiger partial charge in [0.2, 0.25) is 5.91 Å². The molecule has 2 amide bonds. The molecule has 0 bridgehead atoms. The van der Waals surface area contributed by atoms with Crippen LogP contribution >= 0.6 is 11.3 Å². The number of nitrogens with one attached hydrogen (secondary N) is 2. The van der Waals surface area contributed by atoms with E-state index >= 15 is 0 Å².